The molecule has 1 amide bonds. The summed E-state index contributed by atoms with van der Waals surface area (Å²) in [4.78, 5) is 12.5. The molecule has 2 aromatic carbocycles. The minimum atomic E-state index is -0.374. The van der Waals surface area contributed by atoms with Crippen molar-refractivity contribution in [1.29, 1.82) is 0 Å². The number of hydrogen-bond acceptors (Lipinski definition) is 6. The number of hydrogen-bond donors (Lipinski definition) is 1. The third kappa shape index (κ3) is 4.92. The van der Waals surface area contributed by atoms with E-state index in [0.29, 0.717) is 23.5 Å². The van der Waals surface area contributed by atoms with Crippen molar-refractivity contribution in [2.45, 2.75) is 37.3 Å². The normalized spacial score (nSPS) is 13.0. The van der Waals surface area contributed by atoms with E-state index < -0.39 is 0 Å². The second-order valence-electron chi connectivity index (χ2n) is 6.20. The summed E-state index contributed by atoms with van der Waals surface area (Å²) in [6.45, 7) is 6.24. The first-order valence-electron chi connectivity index (χ1n) is 9.16. The quantitative estimate of drug-likeness (QED) is 0.564. The van der Waals surface area contributed by atoms with Gasteiger partial charge in [0.1, 0.15) is 5.75 Å². The highest BCUT2D eigenvalue weighted by Gasteiger charge is 2.21. The number of benzene rings is 2. The largest absolute Gasteiger partial charge is 0.493 e. The lowest BCUT2D eigenvalue weighted by Gasteiger charge is -2.16. The zero-order valence-corrected chi connectivity index (χ0v) is 16.9. The summed E-state index contributed by atoms with van der Waals surface area (Å²) >= 11 is 1.23. The SMILES string of the molecule is CCOc1ccccc1-c1nnc(SC(C)C(=O)NC(C)c2ccccc2)o1. The zero-order valence-electron chi connectivity index (χ0n) is 16.1. The van der Waals surface area contributed by atoms with Crippen LogP contribution in [0, 0.1) is 0 Å². The molecule has 0 bridgehead atoms. The lowest BCUT2D eigenvalue weighted by molar-refractivity contribution is -0.120. The van der Waals surface area contributed by atoms with Gasteiger partial charge in [-0.1, -0.05) is 54.2 Å². The molecule has 3 rings (SSSR count). The Balaban J connectivity index is 1.64. The van der Waals surface area contributed by atoms with Crippen LogP contribution in [0.15, 0.2) is 64.2 Å². The van der Waals surface area contributed by atoms with E-state index >= 15 is 0 Å². The summed E-state index contributed by atoms with van der Waals surface area (Å²) in [5.41, 5.74) is 1.79. The number of nitrogens with one attached hydrogen (secondary N) is 1. The van der Waals surface area contributed by atoms with Crippen LogP contribution in [0.5, 0.6) is 5.75 Å². The van der Waals surface area contributed by atoms with Gasteiger partial charge in [0.2, 0.25) is 5.91 Å². The topological polar surface area (TPSA) is 77.2 Å². The summed E-state index contributed by atoms with van der Waals surface area (Å²) in [5.74, 6) is 0.973. The second kappa shape index (κ2) is 9.41. The van der Waals surface area contributed by atoms with E-state index in [1.165, 1.54) is 11.8 Å². The van der Waals surface area contributed by atoms with E-state index in [2.05, 4.69) is 15.5 Å². The van der Waals surface area contributed by atoms with Crippen LogP contribution >= 0.6 is 11.8 Å². The summed E-state index contributed by atoms with van der Waals surface area (Å²) in [6, 6.07) is 17.3. The van der Waals surface area contributed by atoms with Gasteiger partial charge in [0.25, 0.3) is 11.1 Å². The number of aromatic nitrogens is 2. The molecule has 1 N–H and O–H groups in total. The number of amides is 1. The molecule has 7 heteroatoms. The molecular formula is C21H23N3O3S. The Kier molecular flexibility index (Phi) is 6.71. The summed E-state index contributed by atoms with van der Waals surface area (Å²) < 4.78 is 11.4. The lowest BCUT2D eigenvalue weighted by atomic mass is 10.1. The van der Waals surface area contributed by atoms with Crippen LogP contribution in [0.25, 0.3) is 11.5 Å². The first-order chi connectivity index (χ1) is 13.6. The average molecular weight is 398 g/mol. The predicted octanol–water partition coefficient (Wildman–Crippen LogP) is 4.49. The molecule has 28 heavy (non-hydrogen) atoms. The van der Waals surface area contributed by atoms with E-state index in [-0.39, 0.29) is 17.2 Å². The lowest BCUT2D eigenvalue weighted by Crippen LogP contribution is -2.33. The minimum absolute atomic E-state index is 0.0759. The number of para-hydroxylation sites is 1. The van der Waals surface area contributed by atoms with Crippen LogP contribution < -0.4 is 10.1 Å². The van der Waals surface area contributed by atoms with Crippen LogP contribution in [0.4, 0.5) is 0 Å². The van der Waals surface area contributed by atoms with Crippen LogP contribution in [-0.2, 0) is 4.79 Å². The minimum Gasteiger partial charge on any atom is -0.493 e. The second-order valence-corrected chi connectivity index (χ2v) is 7.50. The highest BCUT2D eigenvalue weighted by molar-refractivity contribution is 8.00. The molecule has 0 aliphatic carbocycles. The molecular weight excluding hydrogens is 374 g/mol. The van der Waals surface area contributed by atoms with Crippen molar-refractivity contribution in [2.75, 3.05) is 6.61 Å². The maximum atomic E-state index is 12.5. The van der Waals surface area contributed by atoms with Crippen molar-refractivity contribution in [3.05, 3.63) is 60.2 Å². The molecule has 1 heterocycles. The van der Waals surface area contributed by atoms with E-state index in [1.807, 2.05) is 75.4 Å². The third-order valence-corrected chi connectivity index (χ3v) is 5.06. The number of ether oxygens (including phenoxy) is 1. The van der Waals surface area contributed by atoms with Gasteiger partial charge in [-0.05, 0) is 38.5 Å². The Bertz CT molecular complexity index is 914. The first kappa shape index (κ1) is 19.9. The van der Waals surface area contributed by atoms with Crippen LogP contribution in [-0.4, -0.2) is 28.0 Å². The smallest absolute Gasteiger partial charge is 0.277 e. The van der Waals surface area contributed by atoms with Crippen molar-refractivity contribution >= 4 is 17.7 Å². The maximum absolute atomic E-state index is 12.5. The Morgan fingerprint density at radius 2 is 1.82 bits per heavy atom. The monoisotopic (exact) mass is 397 g/mol. The molecule has 0 fully saturated rings. The Morgan fingerprint density at radius 1 is 1.11 bits per heavy atom. The van der Waals surface area contributed by atoms with Crippen LogP contribution in [0.1, 0.15) is 32.4 Å². The van der Waals surface area contributed by atoms with Gasteiger partial charge in [0.15, 0.2) is 0 Å². The first-order valence-corrected chi connectivity index (χ1v) is 10.0. The molecule has 6 nitrogen and oxygen atoms in total. The van der Waals surface area contributed by atoms with Gasteiger partial charge < -0.3 is 14.5 Å². The molecule has 0 spiro atoms. The van der Waals surface area contributed by atoms with Crippen molar-refractivity contribution in [1.82, 2.24) is 15.5 Å². The zero-order chi connectivity index (χ0) is 19.9. The molecule has 3 aromatic rings. The van der Waals surface area contributed by atoms with Gasteiger partial charge in [-0.25, -0.2) is 0 Å². The number of thioether (sulfide) groups is 1. The number of carbonyl (C=O) groups excluding carboxylic acids is 1. The van der Waals surface area contributed by atoms with E-state index in [0.717, 1.165) is 11.1 Å². The fourth-order valence-electron chi connectivity index (χ4n) is 2.65. The molecule has 0 aliphatic heterocycles. The van der Waals surface area contributed by atoms with E-state index in [1.54, 1.807) is 0 Å². The van der Waals surface area contributed by atoms with Crippen molar-refractivity contribution in [2.24, 2.45) is 0 Å². The van der Waals surface area contributed by atoms with Crippen LogP contribution in [0.2, 0.25) is 0 Å². The molecule has 1 aromatic heterocycles. The predicted molar refractivity (Wildman–Crippen MR) is 109 cm³/mol. The van der Waals surface area contributed by atoms with Crippen molar-refractivity contribution in [3.8, 4) is 17.2 Å². The van der Waals surface area contributed by atoms with Gasteiger partial charge >= 0.3 is 0 Å². The molecule has 0 aliphatic rings. The third-order valence-electron chi connectivity index (χ3n) is 4.13. The molecule has 0 saturated heterocycles. The standard InChI is InChI=1S/C21H23N3O3S/c1-4-26-18-13-9-8-12-17(18)20-23-24-21(27-20)28-15(3)19(25)22-14(2)16-10-6-5-7-11-16/h5-15H,4H2,1-3H3,(H,22,25). The van der Waals surface area contributed by atoms with Gasteiger partial charge in [-0.15, -0.1) is 10.2 Å². The van der Waals surface area contributed by atoms with Gasteiger partial charge in [0, 0.05) is 0 Å². The van der Waals surface area contributed by atoms with Gasteiger partial charge in [-0.3, -0.25) is 4.79 Å². The molecule has 146 valence electrons. The highest BCUT2D eigenvalue weighted by atomic mass is 32.2. The number of carbonyl (C=O) groups is 1. The Morgan fingerprint density at radius 3 is 2.57 bits per heavy atom. The van der Waals surface area contributed by atoms with Crippen LogP contribution in [0.3, 0.4) is 0 Å². The summed E-state index contributed by atoms with van der Waals surface area (Å²) in [5, 5.41) is 11.1. The molecule has 2 unspecified atom stereocenters. The maximum Gasteiger partial charge on any atom is 0.277 e. The van der Waals surface area contributed by atoms with Gasteiger partial charge in [-0.2, -0.15) is 0 Å². The summed E-state index contributed by atoms with van der Waals surface area (Å²) in [6.07, 6.45) is 0. The number of rotatable bonds is 8. The molecule has 2 atom stereocenters. The average Bonchev–Trinajstić information content (AvgIpc) is 3.17. The highest BCUT2D eigenvalue weighted by Crippen LogP contribution is 2.31. The molecule has 0 saturated carbocycles. The fraction of sp³-hybridized carbons (Fsp3) is 0.286. The van der Waals surface area contributed by atoms with Gasteiger partial charge in [0.05, 0.1) is 23.5 Å². The van der Waals surface area contributed by atoms with Crippen molar-refractivity contribution in [3.63, 3.8) is 0 Å². The molecule has 0 radical (unpaired) electrons. The van der Waals surface area contributed by atoms with E-state index in [4.69, 9.17) is 9.15 Å². The summed E-state index contributed by atoms with van der Waals surface area (Å²) in [7, 11) is 0. The Labute approximate surface area is 168 Å². The van der Waals surface area contributed by atoms with Crippen molar-refractivity contribution < 1.29 is 13.9 Å². The Hall–Kier alpha value is -2.80. The van der Waals surface area contributed by atoms with E-state index in [9.17, 15) is 4.79 Å². The fourth-order valence-corrected chi connectivity index (χ4v) is 3.34. The number of nitrogens with zero attached hydrogens (tertiary/aromatic N) is 2.